The number of hydrogen-bond donors (Lipinski definition) is 2. The average molecular weight is 280 g/mol. The first-order valence-electron chi connectivity index (χ1n) is 6.49. The predicted molar refractivity (Wildman–Crippen MR) is 72.2 cm³/mol. The van der Waals surface area contributed by atoms with Crippen LogP contribution in [0.3, 0.4) is 0 Å². The molecular weight excluding hydrogens is 263 g/mol. The van der Waals surface area contributed by atoms with E-state index < -0.39 is 29.8 Å². The lowest BCUT2D eigenvalue weighted by molar-refractivity contribution is -0.141. The molecule has 2 atom stereocenters. The Balaban J connectivity index is 2.09. The minimum atomic E-state index is -0.967. The Labute approximate surface area is 116 Å². The van der Waals surface area contributed by atoms with Gasteiger partial charge in [0.1, 0.15) is 5.82 Å². The lowest BCUT2D eigenvalue weighted by Gasteiger charge is -2.23. The highest BCUT2D eigenvalue weighted by molar-refractivity contribution is 5.94. The molecule has 0 aliphatic carbocycles. The van der Waals surface area contributed by atoms with Crippen molar-refractivity contribution >= 4 is 17.7 Å². The molecule has 1 aliphatic heterocycles. The molecule has 5 nitrogen and oxygen atoms in total. The van der Waals surface area contributed by atoms with E-state index in [2.05, 4.69) is 5.32 Å². The van der Waals surface area contributed by atoms with Crippen molar-refractivity contribution in [1.82, 2.24) is 5.32 Å². The van der Waals surface area contributed by atoms with Crippen LogP contribution in [0.15, 0.2) is 18.2 Å². The van der Waals surface area contributed by atoms with Crippen LogP contribution in [0.2, 0.25) is 0 Å². The Morgan fingerprint density at radius 1 is 1.40 bits per heavy atom. The first-order chi connectivity index (χ1) is 9.40. The maximum Gasteiger partial charge on any atom is 0.322 e. The Bertz CT molecular complexity index is 547. The highest BCUT2D eigenvalue weighted by atomic mass is 19.1. The van der Waals surface area contributed by atoms with Crippen molar-refractivity contribution in [3.8, 4) is 0 Å². The monoisotopic (exact) mass is 280 g/mol. The highest BCUT2D eigenvalue weighted by Gasteiger charge is 2.28. The smallest absolute Gasteiger partial charge is 0.322 e. The Kier molecular flexibility index (Phi) is 3.92. The van der Waals surface area contributed by atoms with Crippen molar-refractivity contribution in [1.29, 1.82) is 0 Å². The average Bonchev–Trinajstić information content (AvgIpc) is 2.80. The summed E-state index contributed by atoms with van der Waals surface area (Å²) >= 11 is 0. The number of fused-ring (bicyclic) bond motifs is 1. The fourth-order valence-electron chi connectivity index (χ4n) is 2.17. The number of carboxylic acids is 1. The first-order valence-corrected chi connectivity index (χ1v) is 6.49. The molecule has 2 rings (SSSR count). The van der Waals surface area contributed by atoms with Crippen molar-refractivity contribution in [3.63, 3.8) is 0 Å². The molecule has 0 aromatic heterocycles. The van der Waals surface area contributed by atoms with E-state index in [1.165, 1.54) is 24.0 Å². The predicted octanol–water partition coefficient (Wildman–Crippen LogP) is 2.01. The van der Waals surface area contributed by atoms with Gasteiger partial charge in [-0.2, -0.15) is 0 Å². The quantitative estimate of drug-likeness (QED) is 0.889. The number of urea groups is 1. The van der Waals surface area contributed by atoms with Crippen LogP contribution in [0.5, 0.6) is 0 Å². The van der Waals surface area contributed by atoms with Gasteiger partial charge in [0, 0.05) is 12.6 Å². The van der Waals surface area contributed by atoms with Crippen LogP contribution >= 0.6 is 0 Å². The number of nitrogens with zero attached hydrogens (tertiary/aromatic N) is 1. The van der Waals surface area contributed by atoms with Crippen LogP contribution in [0, 0.1) is 11.7 Å². The summed E-state index contributed by atoms with van der Waals surface area (Å²) in [6.45, 7) is 3.64. The van der Waals surface area contributed by atoms with Gasteiger partial charge in [-0.1, -0.05) is 6.07 Å². The molecule has 2 unspecified atom stereocenters. The molecule has 1 heterocycles. The number of amides is 2. The van der Waals surface area contributed by atoms with Crippen molar-refractivity contribution in [2.45, 2.75) is 26.3 Å². The summed E-state index contributed by atoms with van der Waals surface area (Å²) in [5.74, 6) is -2.05. The molecule has 0 saturated heterocycles. The third kappa shape index (κ3) is 2.74. The number of carbonyl (C=O) groups excluding carboxylic acids is 1. The molecule has 108 valence electrons. The summed E-state index contributed by atoms with van der Waals surface area (Å²) in [5.41, 5.74) is 1.47. The van der Waals surface area contributed by atoms with Gasteiger partial charge >= 0.3 is 12.0 Å². The number of carboxylic acid groups (broad SMARTS) is 1. The third-order valence-corrected chi connectivity index (χ3v) is 3.68. The fraction of sp³-hybridized carbons (Fsp3) is 0.429. The number of halogens is 1. The van der Waals surface area contributed by atoms with Crippen molar-refractivity contribution in [3.05, 3.63) is 29.6 Å². The first kappa shape index (κ1) is 14.3. The van der Waals surface area contributed by atoms with Crippen LogP contribution in [-0.4, -0.2) is 29.7 Å². The van der Waals surface area contributed by atoms with Gasteiger partial charge in [-0.3, -0.25) is 9.69 Å². The largest absolute Gasteiger partial charge is 0.481 e. The molecule has 2 N–H and O–H groups in total. The molecule has 0 spiro atoms. The number of hydrogen-bond acceptors (Lipinski definition) is 2. The van der Waals surface area contributed by atoms with E-state index in [4.69, 9.17) is 5.11 Å². The summed E-state index contributed by atoms with van der Waals surface area (Å²) in [7, 11) is 0. The molecular formula is C14H17FN2O3. The molecule has 0 radical (unpaired) electrons. The van der Waals surface area contributed by atoms with Gasteiger partial charge in [-0.15, -0.1) is 0 Å². The number of anilines is 1. The standard InChI is InChI=1S/C14H17FN2O3/c1-8(13(18)19)9(2)16-14(20)17-6-5-10-3-4-11(15)7-12(10)17/h3-4,7-9H,5-6H2,1-2H3,(H,16,20)(H,18,19). The second kappa shape index (κ2) is 5.48. The third-order valence-electron chi connectivity index (χ3n) is 3.68. The van der Waals surface area contributed by atoms with E-state index in [1.807, 2.05) is 0 Å². The summed E-state index contributed by atoms with van der Waals surface area (Å²) < 4.78 is 13.3. The zero-order chi connectivity index (χ0) is 14.9. The lowest BCUT2D eigenvalue weighted by Crippen LogP contribution is -2.46. The molecule has 1 aromatic carbocycles. The van der Waals surface area contributed by atoms with E-state index in [1.54, 1.807) is 13.0 Å². The van der Waals surface area contributed by atoms with Crippen LogP contribution in [0.1, 0.15) is 19.4 Å². The number of benzene rings is 1. The number of aliphatic carboxylic acids is 1. The number of carbonyl (C=O) groups is 2. The second-order valence-electron chi connectivity index (χ2n) is 5.04. The Hall–Kier alpha value is -2.11. The van der Waals surface area contributed by atoms with Gasteiger partial charge in [0.2, 0.25) is 0 Å². The molecule has 1 aromatic rings. The minimum absolute atomic E-state index is 0.393. The zero-order valence-corrected chi connectivity index (χ0v) is 11.4. The van der Waals surface area contributed by atoms with Crippen LogP contribution in [0.4, 0.5) is 14.9 Å². The summed E-state index contributed by atoms with van der Waals surface area (Å²) in [6.07, 6.45) is 0.673. The van der Waals surface area contributed by atoms with Crippen molar-refractivity contribution in [2.75, 3.05) is 11.4 Å². The summed E-state index contributed by atoms with van der Waals surface area (Å²) in [6, 6.07) is 3.47. The van der Waals surface area contributed by atoms with Crippen LogP contribution < -0.4 is 10.2 Å². The zero-order valence-electron chi connectivity index (χ0n) is 11.4. The van der Waals surface area contributed by atoms with E-state index in [0.29, 0.717) is 18.7 Å². The van der Waals surface area contributed by atoms with Gasteiger partial charge in [-0.05, 0) is 38.0 Å². The highest BCUT2D eigenvalue weighted by Crippen LogP contribution is 2.28. The number of nitrogens with one attached hydrogen (secondary N) is 1. The van der Waals surface area contributed by atoms with E-state index >= 15 is 0 Å². The van der Waals surface area contributed by atoms with Gasteiger partial charge in [0.05, 0.1) is 11.6 Å². The molecule has 0 bridgehead atoms. The maximum absolute atomic E-state index is 13.3. The van der Waals surface area contributed by atoms with Crippen LogP contribution in [0.25, 0.3) is 0 Å². The fourth-order valence-corrected chi connectivity index (χ4v) is 2.17. The van der Waals surface area contributed by atoms with E-state index in [0.717, 1.165) is 5.56 Å². The Morgan fingerprint density at radius 3 is 2.75 bits per heavy atom. The van der Waals surface area contributed by atoms with E-state index in [-0.39, 0.29) is 0 Å². The van der Waals surface area contributed by atoms with E-state index in [9.17, 15) is 14.0 Å². The summed E-state index contributed by atoms with van der Waals surface area (Å²) in [4.78, 5) is 24.5. The normalized spacial score (nSPS) is 16.4. The second-order valence-corrected chi connectivity index (χ2v) is 5.04. The van der Waals surface area contributed by atoms with Crippen LogP contribution in [-0.2, 0) is 11.2 Å². The van der Waals surface area contributed by atoms with Gasteiger partial charge in [0.15, 0.2) is 0 Å². The van der Waals surface area contributed by atoms with Crippen molar-refractivity contribution in [2.24, 2.45) is 5.92 Å². The Morgan fingerprint density at radius 2 is 2.10 bits per heavy atom. The van der Waals surface area contributed by atoms with Crippen molar-refractivity contribution < 1.29 is 19.1 Å². The maximum atomic E-state index is 13.3. The SMILES string of the molecule is CC(NC(=O)N1CCc2ccc(F)cc21)C(C)C(=O)O. The molecule has 2 amide bonds. The molecule has 1 aliphatic rings. The molecule has 6 heteroatoms. The molecule has 20 heavy (non-hydrogen) atoms. The lowest BCUT2D eigenvalue weighted by atomic mass is 10.0. The number of rotatable bonds is 3. The minimum Gasteiger partial charge on any atom is -0.481 e. The van der Waals surface area contributed by atoms with Gasteiger partial charge in [-0.25, -0.2) is 9.18 Å². The topological polar surface area (TPSA) is 69.6 Å². The summed E-state index contributed by atoms with van der Waals surface area (Å²) in [5, 5.41) is 11.6. The molecule has 0 saturated carbocycles. The van der Waals surface area contributed by atoms with Gasteiger partial charge < -0.3 is 10.4 Å². The van der Waals surface area contributed by atoms with Gasteiger partial charge in [0.25, 0.3) is 0 Å². The molecule has 0 fully saturated rings.